The van der Waals surface area contributed by atoms with E-state index in [0.29, 0.717) is 29.9 Å². The van der Waals surface area contributed by atoms with E-state index in [-0.39, 0.29) is 30.0 Å². The van der Waals surface area contributed by atoms with Crippen molar-refractivity contribution >= 4 is 12.0 Å². The van der Waals surface area contributed by atoms with E-state index in [1.54, 1.807) is 23.1 Å². The summed E-state index contributed by atoms with van der Waals surface area (Å²) in [5.74, 6) is -0.660. The lowest BCUT2D eigenvalue weighted by molar-refractivity contribution is 0.111. The van der Waals surface area contributed by atoms with Crippen LogP contribution in [0.1, 0.15) is 41.6 Å². The maximum Gasteiger partial charge on any atom is 0.172 e. The molecule has 4 heterocycles. The summed E-state index contributed by atoms with van der Waals surface area (Å²) in [6.07, 6.45) is 7.30. The van der Waals surface area contributed by atoms with Gasteiger partial charge >= 0.3 is 0 Å². The molecule has 0 saturated carbocycles. The molecule has 0 bridgehead atoms. The number of benzene rings is 1. The van der Waals surface area contributed by atoms with Crippen molar-refractivity contribution in [3.63, 3.8) is 0 Å². The number of hydrogen-bond donors (Lipinski definition) is 1. The lowest BCUT2D eigenvalue weighted by atomic mass is 10.1. The Hall–Kier alpha value is -4.42. The second-order valence-electron chi connectivity index (χ2n) is 7.67. The Morgan fingerprint density at radius 1 is 1.26 bits per heavy atom. The number of aromatic nitrogens is 8. The minimum atomic E-state index is -0.557. The number of ether oxygens (including phenoxy) is 1. The van der Waals surface area contributed by atoms with Crippen molar-refractivity contribution in [2.45, 2.75) is 32.0 Å². The minimum Gasteiger partial charge on any atom is -0.504 e. The van der Waals surface area contributed by atoms with Gasteiger partial charge in [-0.25, -0.2) is 14.1 Å². The first-order valence-corrected chi connectivity index (χ1v) is 10.6. The van der Waals surface area contributed by atoms with Crippen molar-refractivity contribution < 1.29 is 19.0 Å². The molecule has 1 aliphatic heterocycles. The molecule has 13 heteroatoms. The summed E-state index contributed by atoms with van der Waals surface area (Å²) in [4.78, 5) is 18.6. The van der Waals surface area contributed by atoms with E-state index in [1.807, 2.05) is 4.90 Å². The quantitative estimate of drug-likeness (QED) is 0.404. The van der Waals surface area contributed by atoms with Crippen LogP contribution in [-0.2, 0) is 6.61 Å². The van der Waals surface area contributed by atoms with E-state index in [2.05, 4.69) is 30.7 Å². The van der Waals surface area contributed by atoms with Crippen LogP contribution in [0.4, 0.5) is 10.1 Å². The predicted molar refractivity (Wildman–Crippen MR) is 115 cm³/mol. The second kappa shape index (κ2) is 9.21. The number of hydrogen-bond acceptors (Lipinski definition) is 10. The molecule has 0 radical (unpaired) electrons. The van der Waals surface area contributed by atoms with Crippen LogP contribution in [0.15, 0.2) is 43.0 Å². The average molecular weight is 465 g/mol. The van der Waals surface area contributed by atoms with Crippen LogP contribution >= 0.6 is 0 Å². The van der Waals surface area contributed by atoms with E-state index >= 15 is 0 Å². The number of carbonyl (C=O) groups is 1. The van der Waals surface area contributed by atoms with Gasteiger partial charge in [0.15, 0.2) is 23.6 Å². The van der Waals surface area contributed by atoms with Crippen LogP contribution in [0.5, 0.6) is 11.5 Å². The second-order valence-corrected chi connectivity index (χ2v) is 7.67. The fourth-order valence-electron chi connectivity index (χ4n) is 3.91. The van der Waals surface area contributed by atoms with Gasteiger partial charge in [-0.05, 0) is 47.9 Å². The number of aromatic hydroxyl groups is 1. The highest BCUT2D eigenvalue weighted by Crippen LogP contribution is 2.36. The summed E-state index contributed by atoms with van der Waals surface area (Å²) in [5.41, 5.74) is 1.47. The molecule has 34 heavy (non-hydrogen) atoms. The Labute approximate surface area is 192 Å². The Morgan fingerprint density at radius 3 is 2.97 bits per heavy atom. The molecule has 5 rings (SSSR count). The first-order valence-electron chi connectivity index (χ1n) is 10.6. The van der Waals surface area contributed by atoms with Crippen molar-refractivity contribution in [1.82, 2.24) is 40.2 Å². The number of anilines is 1. The van der Waals surface area contributed by atoms with Crippen LogP contribution in [0, 0.1) is 5.82 Å². The van der Waals surface area contributed by atoms with Crippen molar-refractivity contribution in [2.75, 3.05) is 11.4 Å². The summed E-state index contributed by atoms with van der Waals surface area (Å²) in [6, 6.07) is 6.07. The zero-order chi connectivity index (χ0) is 23.5. The van der Waals surface area contributed by atoms with E-state index < -0.39 is 5.82 Å². The number of nitrogens with zero attached hydrogens (tertiary/aromatic N) is 9. The Morgan fingerprint density at radius 2 is 2.18 bits per heavy atom. The van der Waals surface area contributed by atoms with Gasteiger partial charge in [0.05, 0.1) is 17.6 Å². The molecular weight excluding hydrogens is 445 g/mol. The van der Waals surface area contributed by atoms with Gasteiger partial charge in [0.25, 0.3) is 0 Å². The number of rotatable bonds is 7. The van der Waals surface area contributed by atoms with Crippen LogP contribution in [0.3, 0.4) is 0 Å². The molecule has 174 valence electrons. The topological polar surface area (TPSA) is 137 Å². The van der Waals surface area contributed by atoms with Gasteiger partial charge in [0.1, 0.15) is 30.5 Å². The van der Waals surface area contributed by atoms with E-state index in [9.17, 15) is 14.3 Å². The highest BCUT2D eigenvalue weighted by atomic mass is 19.1. The monoisotopic (exact) mass is 465 g/mol. The molecule has 1 atom stereocenters. The van der Waals surface area contributed by atoms with Crippen LogP contribution in [0.2, 0.25) is 0 Å². The molecule has 1 fully saturated rings. The lowest BCUT2D eigenvalue weighted by Crippen LogP contribution is -2.38. The summed E-state index contributed by atoms with van der Waals surface area (Å²) in [5, 5.41) is 30.1. The Balaban J connectivity index is 1.31. The highest BCUT2D eigenvalue weighted by Gasteiger charge is 2.28. The van der Waals surface area contributed by atoms with E-state index in [0.717, 1.165) is 19.3 Å². The van der Waals surface area contributed by atoms with Gasteiger partial charge in [-0.1, -0.05) is 0 Å². The molecule has 1 saturated heterocycles. The number of halogens is 1. The summed E-state index contributed by atoms with van der Waals surface area (Å²) >= 11 is 0. The number of tetrazole rings is 1. The third-order valence-corrected chi connectivity index (χ3v) is 5.55. The highest BCUT2D eigenvalue weighted by molar-refractivity contribution is 5.80. The molecule has 1 aromatic carbocycles. The molecule has 1 unspecified atom stereocenters. The van der Waals surface area contributed by atoms with Gasteiger partial charge in [0, 0.05) is 18.8 Å². The standard InChI is InChI=1S/C21H20FN9O3/c22-16-9-15(30-13-24-27-28-30)4-5-19(16)34-12-14-10-25-31(26-14)20-3-1-2-8-29(20)18-6-7-23-17(11-32)21(18)33/h4-7,9-11,13,20,33H,1-3,8,12H2. The number of aldehydes is 1. The molecule has 1 N–H and O–H groups in total. The summed E-state index contributed by atoms with van der Waals surface area (Å²) < 4.78 is 21.4. The first-order chi connectivity index (χ1) is 16.6. The zero-order valence-corrected chi connectivity index (χ0v) is 17.9. The van der Waals surface area contributed by atoms with Crippen molar-refractivity contribution in [3.8, 4) is 17.2 Å². The summed E-state index contributed by atoms with van der Waals surface area (Å²) in [7, 11) is 0. The third-order valence-electron chi connectivity index (χ3n) is 5.55. The maximum absolute atomic E-state index is 14.5. The predicted octanol–water partition coefficient (Wildman–Crippen LogP) is 2.07. The van der Waals surface area contributed by atoms with Gasteiger partial charge in [-0.2, -0.15) is 15.0 Å². The molecule has 1 aliphatic rings. The number of piperidine rings is 1. The molecular formula is C21H20FN9O3. The normalized spacial score (nSPS) is 15.9. The molecule has 3 aromatic heterocycles. The molecule has 12 nitrogen and oxygen atoms in total. The molecule has 0 aliphatic carbocycles. The van der Waals surface area contributed by atoms with Gasteiger partial charge in [0.2, 0.25) is 0 Å². The largest absolute Gasteiger partial charge is 0.504 e. The first kappa shape index (κ1) is 21.4. The molecule has 0 spiro atoms. The smallest absolute Gasteiger partial charge is 0.172 e. The van der Waals surface area contributed by atoms with Crippen LogP contribution in [0.25, 0.3) is 5.69 Å². The Bertz CT molecular complexity index is 1290. The van der Waals surface area contributed by atoms with Gasteiger partial charge < -0.3 is 14.7 Å². The fourth-order valence-corrected chi connectivity index (χ4v) is 3.91. The van der Waals surface area contributed by atoms with Crippen LogP contribution in [-0.4, -0.2) is 58.1 Å². The maximum atomic E-state index is 14.5. The Kier molecular flexibility index (Phi) is 5.81. The number of pyridine rings is 1. The number of carbonyl (C=O) groups excluding carboxylic acids is 1. The van der Waals surface area contributed by atoms with Gasteiger partial charge in [-0.15, -0.1) is 5.10 Å². The van der Waals surface area contributed by atoms with E-state index in [4.69, 9.17) is 4.74 Å². The SMILES string of the molecule is O=Cc1nccc(N2CCCCC2n2ncc(COc3ccc(-n4cnnn4)cc3F)n2)c1O. The van der Waals surface area contributed by atoms with Gasteiger partial charge in [-0.3, -0.25) is 4.79 Å². The van der Waals surface area contributed by atoms with Crippen molar-refractivity contribution in [1.29, 1.82) is 0 Å². The van der Waals surface area contributed by atoms with E-state index in [1.165, 1.54) is 29.3 Å². The van der Waals surface area contributed by atoms with Crippen molar-refractivity contribution in [3.05, 3.63) is 60.2 Å². The zero-order valence-electron chi connectivity index (χ0n) is 17.9. The average Bonchev–Trinajstić information content (AvgIpc) is 3.56. The van der Waals surface area contributed by atoms with Crippen molar-refractivity contribution in [2.24, 2.45) is 0 Å². The van der Waals surface area contributed by atoms with Crippen LogP contribution < -0.4 is 9.64 Å². The minimum absolute atomic E-state index is 0.0162. The third kappa shape index (κ3) is 4.14. The fraction of sp³-hybridized carbons (Fsp3) is 0.286. The lowest BCUT2D eigenvalue weighted by Gasteiger charge is -2.36. The molecule has 4 aromatic rings. The summed E-state index contributed by atoms with van der Waals surface area (Å²) in [6.45, 7) is 0.677. The molecule has 0 amide bonds.